The minimum Gasteiger partial charge on any atom is -0.356 e. The van der Waals surface area contributed by atoms with E-state index in [1.807, 2.05) is 4.90 Å². The molecule has 5 rings (SSSR count). The van der Waals surface area contributed by atoms with Crippen molar-refractivity contribution in [2.24, 2.45) is 12.5 Å². The van der Waals surface area contributed by atoms with Crippen LogP contribution in [0.1, 0.15) is 30.8 Å². The Morgan fingerprint density at radius 2 is 1.75 bits per heavy atom. The molecule has 2 aliphatic rings. The minimum absolute atomic E-state index is 0.00467. The van der Waals surface area contributed by atoms with Crippen LogP contribution in [0.2, 0.25) is 0 Å². The van der Waals surface area contributed by atoms with E-state index in [0.717, 1.165) is 19.3 Å². The molecule has 1 spiro atoms. The van der Waals surface area contributed by atoms with E-state index in [9.17, 15) is 18.0 Å². The Balaban J connectivity index is 1.33. The topological polar surface area (TPSA) is 95.8 Å². The lowest BCUT2D eigenvalue weighted by molar-refractivity contribution is -0.145. The first-order valence-electron chi connectivity index (χ1n) is 10.5. The summed E-state index contributed by atoms with van der Waals surface area (Å²) in [4.78, 5) is 28.5. The molecule has 0 aromatic carbocycles. The highest BCUT2D eigenvalue weighted by molar-refractivity contribution is 5.73. The molecule has 0 atom stereocenters. The van der Waals surface area contributed by atoms with Crippen LogP contribution in [-0.4, -0.2) is 55.9 Å². The quantitative estimate of drug-likeness (QED) is 0.643. The van der Waals surface area contributed by atoms with Gasteiger partial charge in [-0.25, -0.2) is 9.97 Å². The molecule has 1 N–H and O–H groups in total. The molecule has 3 aromatic heterocycles. The number of aromatic nitrogens is 6. The molecule has 9 nitrogen and oxygen atoms in total. The van der Waals surface area contributed by atoms with E-state index in [1.54, 1.807) is 24.6 Å². The van der Waals surface area contributed by atoms with E-state index < -0.39 is 12.0 Å². The van der Waals surface area contributed by atoms with Gasteiger partial charge in [0.2, 0.25) is 11.8 Å². The molecule has 0 bridgehead atoms. The molecule has 2 saturated heterocycles. The molecular formula is C20H23F3N8O. The van der Waals surface area contributed by atoms with Gasteiger partial charge in [-0.3, -0.25) is 14.5 Å². The zero-order chi connectivity index (χ0) is 22.7. The molecule has 0 amide bonds. The molecule has 2 aliphatic heterocycles. The maximum Gasteiger partial charge on any atom is 0.451 e. The van der Waals surface area contributed by atoms with Crippen molar-refractivity contribution in [1.29, 1.82) is 0 Å². The van der Waals surface area contributed by atoms with E-state index in [1.165, 1.54) is 6.20 Å². The van der Waals surface area contributed by atoms with Gasteiger partial charge in [-0.1, -0.05) is 0 Å². The van der Waals surface area contributed by atoms with Crippen molar-refractivity contribution >= 4 is 22.8 Å². The van der Waals surface area contributed by atoms with Gasteiger partial charge in [-0.15, -0.1) is 0 Å². The van der Waals surface area contributed by atoms with Gasteiger partial charge in [-0.05, 0) is 31.6 Å². The average molecular weight is 448 g/mol. The molecule has 0 saturated carbocycles. The molecule has 0 unspecified atom stereocenters. The van der Waals surface area contributed by atoms with Gasteiger partial charge in [0.15, 0.2) is 5.65 Å². The Morgan fingerprint density at radius 3 is 2.44 bits per heavy atom. The number of alkyl halides is 3. The van der Waals surface area contributed by atoms with Crippen molar-refractivity contribution in [3.8, 4) is 0 Å². The molecular weight excluding hydrogens is 425 g/mol. The molecule has 12 heteroatoms. The highest BCUT2D eigenvalue weighted by atomic mass is 19.4. The normalized spacial score (nSPS) is 18.8. The fourth-order valence-corrected chi connectivity index (χ4v) is 4.81. The SMILES string of the molecule is Cc1cc(N2CCC3(CCN(c4nc5[nH]ncc5c(=O)n4C)CC3)C2)nc(C(F)(F)F)n1. The van der Waals surface area contributed by atoms with Crippen LogP contribution in [0, 0.1) is 12.3 Å². The molecule has 2 fully saturated rings. The fourth-order valence-electron chi connectivity index (χ4n) is 4.81. The molecule has 3 aromatic rings. The second-order valence-corrected chi connectivity index (χ2v) is 8.76. The summed E-state index contributed by atoms with van der Waals surface area (Å²) < 4.78 is 41.0. The summed E-state index contributed by atoms with van der Waals surface area (Å²) >= 11 is 0. The summed E-state index contributed by atoms with van der Waals surface area (Å²) in [5, 5.41) is 7.12. The molecule has 0 aliphatic carbocycles. The Morgan fingerprint density at radius 1 is 1.06 bits per heavy atom. The minimum atomic E-state index is -4.57. The van der Waals surface area contributed by atoms with Crippen LogP contribution in [0.4, 0.5) is 24.9 Å². The largest absolute Gasteiger partial charge is 0.451 e. The number of anilines is 2. The average Bonchev–Trinajstić information content (AvgIpc) is 3.38. The summed E-state index contributed by atoms with van der Waals surface area (Å²) in [7, 11) is 1.70. The Hall–Kier alpha value is -3.18. The lowest BCUT2D eigenvalue weighted by Crippen LogP contribution is -2.44. The van der Waals surface area contributed by atoms with Gasteiger partial charge in [0.05, 0.1) is 6.20 Å². The van der Waals surface area contributed by atoms with Crippen LogP contribution >= 0.6 is 0 Å². The Bertz CT molecular complexity index is 1230. The summed E-state index contributed by atoms with van der Waals surface area (Å²) in [5.74, 6) is -0.167. The maximum absolute atomic E-state index is 13.1. The predicted octanol–water partition coefficient (Wildman–Crippen LogP) is 2.27. The van der Waals surface area contributed by atoms with Gasteiger partial charge >= 0.3 is 6.18 Å². The van der Waals surface area contributed by atoms with Gasteiger partial charge in [0.1, 0.15) is 11.2 Å². The number of aryl methyl sites for hydroxylation is 1. The van der Waals surface area contributed by atoms with Gasteiger partial charge in [-0.2, -0.15) is 23.3 Å². The number of halogens is 3. The third kappa shape index (κ3) is 3.47. The number of fused-ring (bicyclic) bond motifs is 1. The van der Waals surface area contributed by atoms with E-state index >= 15 is 0 Å². The number of piperidine rings is 1. The van der Waals surface area contributed by atoms with Gasteiger partial charge in [0, 0.05) is 45.0 Å². The predicted molar refractivity (Wildman–Crippen MR) is 112 cm³/mol. The van der Waals surface area contributed by atoms with Crippen molar-refractivity contribution in [1.82, 2.24) is 29.7 Å². The fraction of sp³-hybridized carbons (Fsp3) is 0.550. The number of nitrogens with one attached hydrogen (secondary N) is 1. The van der Waals surface area contributed by atoms with Gasteiger partial charge in [0.25, 0.3) is 5.56 Å². The lowest BCUT2D eigenvalue weighted by atomic mass is 9.78. The lowest BCUT2D eigenvalue weighted by Gasteiger charge is -2.40. The highest BCUT2D eigenvalue weighted by Gasteiger charge is 2.42. The molecule has 32 heavy (non-hydrogen) atoms. The number of hydrogen-bond acceptors (Lipinski definition) is 7. The van der Waals surface area contributed by atoms with E-state index in [2.05, 4.69) is 30.0 Å². The first kappa shape index (κ1) is 20.7. The van der Waals surface area contributed by atoms with Crippen molar-refractivity contribution in [3.05, 3.63) is 34.1 Å². The van der Waals surface area contributed by atoms with E-state index in [0.29, 0.717) is 54.7 Å². The summed E-state index contributed by atoms with van der Waals surface area (Å²) in [6.45, 7) is 4.29. The van der Waals surface area contributed by atoms with Crippen LogP contribution in [0.25, 0.3) is 11.0 Å². The number of H-pyrrole nitrogens is 1. The third-order valence-electron chi connectivity index (χ3n) is 6.63. The second kappa shape index (κ2) is 7.17. The first-order valence-corrected chi connectivity index (χ1v) is 10.5. The Labute approximate surface area is 181 Å². The zero-order valence-electron chi connectivity index (χ0n) is 17.8. The highest BCUT2D eigenvalue weighted by Crippen LogP contribution is 2.42. The standard InChI is InChI=1S/C20H23F3N8O/c1-12-9-14(26-17(25-12)20(21,22)23)31-8-5-19(11-31)3-6-30(7-4-19)18-27-15-13(10-24-28-15)16(32)29(18)2/h9-10H,3-8,11H2,1-2H3,(H,24,28). The number of hydrogen-bond donors (Lipinski definition) is 1. The van der Waals surface area contributed by atoms with Crippen LogP contribution < -0.4 is 15.4 Å². The number of rotatable bonds is 2. The van der Waals surface area contributed by atoms with Crippen molar-refractivity contribution in [2.75, 3.05) is 36.0 Å². The Kier molecular flexibility index (Phi) is 4.64. The molecule has 0 radical (unpaired) electrons. The number of nitrogens with zero attached hydrogens (tertiary/aromatic N) is 7. The summed E-state index contributed by atoms with van der Waals surface area (Å²) in [5.41, 5.74) is 0.630. The van der Waals surface area contributed by atoms with Crippen LogP contribution in [0.15, 0.2) is 17.1 Å². The van der Waals surface area contributed by atoms with Crippen molar-refractivity contribution in [3.63, 3.8) is 0 Å². The van der Waals surface area contributed by atoms with E-state index in [-0.39, 0.29) is 11.0 Å². The smallest absolute Gasteiger partial charge is 0.356 e. The summed E-state index contributed by atoms with van der Waals surface area (Å²) in [6, 6.07) is 1.61. The van der Waals surface area contributed by atoms with E-state index in [4.69, 9.17) is 0 Å². The van der Waals surface area contributed by atoms with Crippen molar-refractivity contribution < 1.29 is 13.2 Å². The number of aromatic amines is 1. The van der Waals surface area contributed by atoms with Gasteiger partial charge < -0.3 is 9.80 Å². The third-order valence-corrected chi connectivity index (χ3v) is 6.63. The zero-order valence-corrected chi connectivity index (χ0v) is 17.8. The van der Waals surface area contributed by atoms with Crippen LogP contribution in [0.5, 0.6) is 0 Å². The monoisotopic (exact) mass is 448 g/mol. The van der Waals surface area contributed by atoms with Crippen LogP contribution in [-0.2, 0) is 13.2 Å². The maximum atomic E-state index is 13.1. The molecule has 170 valence electrons. The first-order chi connectivity index (χ1) is 15.2. The van der Waals surface area contributed by atoms with Crippen LogP contribution in [0.3, 0.4) is 0 Å². The van der Waals surface area contributed by atoms with Crippen molar-refractivity contribution in [2.45, 2.75) is 32.4 Å². The second-order valence-electron chi connectivity index (χ2n) is 8.76. The summed E-state index contributed by atoms with van der Waals surface area (Å²) in [6.07, 6.45) is -0.488. The molecule has 5 heterocycles.